The smallest absolute Gasteiger partial charge is 0.243 e. The summed E-state index contributed by atoms with van der Waals surface area (Å²) < 4.78 is 12.9. The number of hydrogen-bond acceptors (Lipinski definition) is 6. The van der Waals surface area contributed by atoms with E-state index in [9.17, 15) is 29.0 Å². The van der Waals surface area contributed by atoms with Crippen LogP contribution in [-0.4, -0.2) is 96.0 Å². The molecule has 0 heterocycles. The summed E-state index contributed by atoms with van der Waals surface area (Å²) in [5.74, 6) is 3.14. The molecule has 3 amide bonds. The van der Waals surface area contributed by atoms with Crippen LogP contribution in [0.25, 0.3) is 0 Å². The minimum absolute atomic E-state index is 0.101. The molecule has 1 saturated carbocycles. The number of nitrogens with zero attached hydrogens (tertiary/aromatic N) is 2. The number of halogens is 1. The molecule has 9 nitrogen and oxygen atoms in total. The fraction of sp³-hybridized carbons (Fsp3) is 0.639. The first-order chi connectivity index (χ1) is 22.1. The molecule has 1 fully saturated rings. The Labute approximate surface area is 274 Å². The Balaban J connectivity index is 2.20. The second-order valence-electron chi connectivity index (χ2n) is 12.6. The van der Waals surface area contributed by atoms with E-state index in [2.05, 4.69) is 22.5 Å². The molecule has 1 aromatic rings. The zero-order valence-corrected chi connectivity index (χ0v) is 27.5. The van der Waals surface area contributed by atoms with Gasteiger partial charge in [0, 0.05) is 39.4 Å². The van der Waals surface area contributed by atoms with Gasteiger partial charge in [0.2, 0.25) is 17.7 Å². The van der Waals surface area contributed by atoms with Gasteiger partial charge in [0.05, 0.1) is 24.2 Å². The Hall–Kier alpha value is -3.44. The average Bonchev–Trinajstić information content (AvgIpc) is 3.06. The van der Waals surface area contributed by atoms with Crippen LogP contribution in [0.5, 0.6) is 0 Å². The molecular formula is C36H53FN4O5. The molecule has 1 aliphatic rings. The molecule has 10 heteroatoms. The lowest BCUT2D eigenvalue weighted by Crippen LogP contribution is -2.56. The quantitative estimate of drug-likeness (QED) is 0.0988. The van der Waals surface area contributed by atoms with Crippen molar-refractivity contribution in [3.05, 3.63) is 35.9 Å². The number of carbonyl (C=O) groups is 3. The molecule has 254 valence electrons. The molecule has 1 aliphatic carbocycles. The van der Waals surface area contributed by atoms with Gasteiger partial charge in [0.1, 0.15) is 12.8 Å². The Morgan fingerprint density at radius 1 is 1.00 bits per heavy atom. The summed E-state index contributed by atoms with van der Waals surface area (Å²) in [7, 11) is 3.22. The van der Waals surface area contributed by atoms with Crippen molar-refractivity contribution >= 4 is 17.7 Å². The molecule has 0 saturated heterocycles. The molecule has 1 aromatic carbocycles. The highest BCUT2D eigenvalue weighted by Gasteiger charge is 2.34. The van der Waals surface area contributed by atoms with E-state index in [1.165, 1.54) is 9.80 Å². The third kappa shape index (κ3) is 13.9. The van der Waals surface area contributed by atoms with Crippen LogP contribution in [0.3, 0.4) is 0 Å². The fourth-order valence-electron chi connectivity index (χ4n) is 5.85. The minimum atomic E-state index is -1.22. The predicted octanol–water partition coefficient (Wildman–Crippen LogP) is 3.04. The zero-order valence-electron chi connectivity index (χ0n) is 27.5. The SMILES string of the molecule is C#CCCCC(O)C(O)C(CC1CCCCC1)NC(=O)C(CC#C)NC(=O)C(CC(=O)N(C)CCN(C)CF)Cc1ccccc1. The van der Waals surface area contributed by atoms with Gasteiger partial charge in [-0.1, -0.05) is 62.4 Å². The van der Waals surface area contributed by atoms with E-state index in [1.807, 2.05) is 30.3 Å². The van der Waals surface area contributed by atoms with Crippen LogP contribution in [0, 0.1) is 36.5 Å². The maximum atomic E-state index is 13.7. The third-order valence-corrected chi connectivity index (χ3v) is 8.79. The Morgan fingerprint density at radius 2 is 1.70 bits per heavy atom. The molecule has 0 radical (unpaired) electrons. The number of nitrogens with one attached hydrogen (secondary N) is 2. The van der Waals surface area contributed by atoms with Gasteiger partial charge in [-0.15, -0.1) is 24.7 Å². The maximum absolute atomic E-state index is 13.7. The maximum Gasteiger partial charge on any atom is 0.243 e. The van der Waals surface area contributed by atoms with E-state index in [0.717, 1.165) is 37.7 Å². The number of rotatable bonds is 20. The first-order valence-electron chi connectivity index (χ1n) is 16.5. The Morgan fingerprint density at radius 3 is 2.33 bits per heavy atom. The van der Waals surface area contributed by atoms with Crippen LogP contribution in [0.15, 0.2) is 30.3 Å². The van der Waals surface area contributed by atoms with Gasteiger partial charge >= 0.3 is 0 Å². The minimum Gasteiger partial charge on any atom is -0.390 e. The Kier molecular flexibility index (Phi) is 18.0. The van der Waals surface area contributed by atoms with Crippen molar-refractivity contribution in [3.63, 3.8) is 0 Å². The van der Waals surface area contributed by atoms with Gasteiger partial charge in [0.15, 0.2) is 0 Å². The number of terminal acetylenes is 2. The molecule has 2 rings (SSSR count). The van der Waals surface area contributed by atoms with Crippen molar-refractivity contribution in [2.75, 3.05) is 34.0 Å². The monoisotopic (exact) mass is 640 g/mol. The number of carbonyl (C=O) groups excluding carboxylic acids is 3. The number of amides is 3. The standard InChI is InChI=1S/C36H53FN4O5/c1-5-7-10-20-32(42)34(44)31(24-28-18-13-9-14-19-28)39-36(46)30(15-6-2)38-35(45)29(23-27-16-11-8-12-17-27)25-33(43)41(4)22-21-40(3)26-37/h1-2,8,11-12,16-17,28-32,34,42,44H,7,9-10,13-15,18-26H2,3-4H3,(H,38,45)(H,39,46). The first-order valence-corrected chi connectivity index (χ1v) is 16.5. The summed E-state index contributed by atoms with van der Waals surface area (Å²) >= 11 is 0. The lowest BCUT2D eigenvalue weighted by Gasteiger charge is -2.33. The molecule has 46 heavy (non-hydrogen) atoms. The number of alkyl halides is 1. The summed E-state index contributed by atoms with van der Waals surface area (Å²) in [5, 5.41) is 27.5. The van der Waals surface area contributed by atoms with E-state index in [1.54, 1.807) is 14.1 Å². The third-order valence-electron chi connectivity index (χ3n) is 8.79. The topological polar surface area (TPSA) is 122 Å². The highest BCUT2D eigenvalue weighted by atomic mass is 19.1. The molecular weight excluding hydrogens is 587 g/mol. The number of aliphatic hydroxyl groups excluding tert-OH is 2. The number of unbranched alkanes of at least 4 members (excludes halogenated alkanes) is 1. The molecule has 0 spiro atoms. The highest BCUT2D eigenvalue weighted by molar-refractivity contribution is 5.91. The highest BCUT2D eigenvalue weighted by Crippen LogP contribution is 2.29. The lowest BCUT2D eigenvalue weighted by atomic mass is 9.82. The second kappa shape index (κ2) is 21.4. The molecule has 0 aromatic heterocycles. The van der Waals surface area contributed by atoms with Crippen molar-refractivity contribution in [1.82, 2.24) is 20.4 Å². The number of likely N-dealkylation sites (N-methyl/N-ethyl adjacent to an activating group) is 2. The van der Waals surface area contributed by atoms with Gasteiger partial charge in [-0.05, 0) is 44.2 Å². The second-order valence-corrected chi connectivity index (χ2v) is 12.6. The van der Waals surface area contributed by atoms with Crippen LogP contribution < -0.4 is 10.6 Å². The van der Waals surface area contributed by atoms with E-state index in [0.29, 0.717) is 38.8 Å². The van der Waals surface area contributed by atoms with Gasteiger partial charge in [0.25, 0.3) is 0 Å². The lowest BCUT2D eigenvalue weighted by molar-refractivity contribution is -0.137. The molecule has 5 atom stereocenters. The van der Waals surface area contributed by atoms with Crippen molar-refractivity contribution < 1.29 is 29.0 Å². The van der Waals surface area contributed by atoms with Crippen LogP contribution in [-0.2, 0) is 20.8 Å². The van der Waals surface area contributed by atoms with Crippen LogP contribution in [0.1, 0.15) is 76.2 Å². The Bertz CT molecular complexity index is 1150. The molecule has 0 bridgehead atoms. The van der Waals surface area contributed by atoms with E-state index in [4.69, 9.17) is 12.8 Å². The van der Waals surface area contributed by atoms with Gasteiger partial charge in [-0.25, -0.2) is 4.39 Å². The van der Waals surface area contributed by atoms with E-state index in [-0.39, 0.29) is 31.1 Å². The predicted molar refractivity (Wildman–Crippen MR) is 178 cm³/mol. The van der Waals surface area contributed by atoms with Gasteiger partial charge in [-0.2, -0.15) is 0 Å². The molecule has 4 N–H and O–H groups in total. The van der Waals surface area contributed by atoms with Crippen molar-refractivity contribution in [3.8, 4) is 24.7 Å². The van der Waals surface area contributed by atoms with Crippen LogP contribution >= 0.6 is 0 Å². The average molecular weight is 641 g/mol. The normalized spacial score (nSPS) is 16.7. The summed E-state index contributed by atoms with van der Waals surface area (Å²) in [4.78, 5) is 43.4. The summed E-state index contributed by atoms with van der Waals surface area (Å²) in [6.45, 7) is -0.00546. The van der Waals surface area contributed by atoms with Crippen molar-refractivity contribution in [2.24, 2.45) is 11.8 Å². The van der Waals surface area contributed by atoms with E-state index >= 15 is 0 Å². The molecule has 5 unspecified atom stereocenters. The van der Waals surface area contributed by atoms with Gasteiger partial charge < -0.3 is 25.7 Å². The summed E-state index contributed by atoms with van der Waals surface area (Å²) in [6.07, 6.45) is 15.7. The van der Waals surface area contributed by atoms with E-state index < -0.39 is 48.8 Å². The first kappa shape index (κ1) is 38.7. The largest absolute Gasteiger partial charge is 0.390 e. The summed E-state index contributed by atoms with van der Waals surface area (Å²) in [5.41, 5.74) is 0.850. The zero-order chi connectivity index (χ0) is 33.9. The van der Waals surface area contributed by atoms with Gasteiger partial charge in [-0.3, -0.25) is 19.3 Å². The van der Waals surface area contributed by atoms with Crippen LogP contribution in [0.2, 0.25) is 0 Å². The number of benzene rings is 1. The number of aliphatic hydroxyl groups is 2. The van der Waals surface area contributed by atoms with Crippen LogP contribution in [0.4, 0.5) is 4.39 Å². The van der Waals surface area contributed by atoms with Crippen molar-refractivity contribution in [1.29, 1.82) is 0 Å². The summed E-state index contributed by atoms with van der Waals surface area (Å²) in [6, 6.07) is 7.42. The fourth-order valence-corrected chi connectivity index (χ4v) is 5.85. The number of hydrogen-bond donors (Lipinski definition) is 4. The molecule has 0 aliphatic heterocycles. The van der Waals surface area contributed by atoms with Crippen molar-refractivity contribution in [2.45, 2.75) is 101 Å².